The second kappa shape index (κ2) is 5.60. The molecule has 0 bridgehead atoms. The molecule has 1 aromatic carbocycles. The molecule has 6 heteroatoms. The van der Waals surface area contributed by atoms with Crippen LogP contribution in [0, 0.1) is 0 Å². The quantitative estimate of drug-likeness (QED) is 0.666. The van der Waals surface area contributed by atoms with Crippen LogP contribution in [0.3, 0.4) is 0 Å². The standard InChI is InChI=1S/C15H18N2O3S/c1-2-20-10-5-6-11(16)12(7-10)21-13-8-14(18)17(15(13)19)9-3-4-9/h5-7,9,13H,2-4,8,16H2,1H3. The van der Waals surface area contributed by atoms with Crippen molar-refractivity contribution in [1.82, 2.24) is 4.90 Å². The molecule has 2 N–H and O–H groups in total. The van der Waals surface area contributed by atoms with Crippen molar-refractivity contribution in [3.8, 4) is 5.75 Å². The number of carbonyl (C=O) groups excluding carboxylic acids is 2. The Bertz CT molecular complexity index is 586. The highest BCUT2D eigenvalue weighted by Crippen LogP contribution is 2.40. The van der Waals surface area contributed by atoms with Crippen LogP contribution in [0.25, 0.3) is 0 Å². The highest BCUT2D eigenvalue weighted by atomic mass is 32.2. The van der Waals surface area contributed by atoms with Gasteiger partial charge in [0.25, 0.3) is 0 Å². The number of hydrogen-bond acceptors (Lipinski definition) is 5. The number of benzene rings is 1. The van der Waals surface area contributed by atoms with Gasteiger partial charge in [0.15, 0.2) is 0 Å². The van der Waals surface area contributed by atoms with Gasteiger partial charge in [0.1, 0.15) is 5.75 Å². The Hall–Kier alpha value is -1.69. The van der Waals surface area contributed by atoms with Crippen LogP contribution >= 0.6 is 11.8 Å². The first-order valence-electron chi connectivity index (χ1n) is 7.15. The minimum atomic E-state index is -0.364. The van der Waals surface area contributed by atoms with Crippen LogP contribution in [0.4, 0.5) is 5.69 Å². The van der Waals surface area contributed by atoms with E-state index in [9.17, 15) is 9.59 Å². The van der Waals surface area contributed by atoms with Crippen molar-refractivity contribution < 1.29 is 14.3 Å². The predicted octanol–water partition coefficient (Wildman–Crippen LogP) is 2.05. The van der Waals surface area contributed by atoms with Crippen LogP contribution in [0.5, 0.6) is 5.75 Å². The van der Waals surface area contributed by atoms with E-state index in [2.05, 4.69) is 0 Å². The van der Waals surface area contributed by atoms with Crippen molar-refractivity contribution in [2.45, 2.75) is 42.4 Å². The van der Waals surface area contributed by atoms with Gasteiger partial charge in [-0.1, -0.05) is 0 Å². The second-order valence-corrected chi connectivity index (χ2v) is 6.52. The molecular weight excluding hydrogens is 288 g/mol. The maximum Gasteiger partial charge on any atom is 0.243 e. The number of likely N-dealkylation sites (tertiary alicyclic amines) is 1. The van der Waals surface area contributed by atoms with E-state index in [1.165, 1.54) is 16.7 Å². The number of nitrogens with two attached hydrogens (primary N) is 1. The smallest absolute Gasteiger partial charge is 0.243 e. The van der Waals surface area contributed by atoms with Gasteiger partial charge in [-0.2, -0.15) is 0 Å². The molecule has 2 aliphatic rings. The van der Waals surface area contributed by atoms with Crippen LogP contribution in [0.1, 0.15) is 26.2 Å². The largest absolute Gasteiger partial charge is 0.494 e. The van der Waals surface area contributed by atoms with Crippen LogP contribution in [0.15, 0.2) is 23.1 Å². The fourth-order valence-electron chi connectivity index (χ4n) is 2.46. The van der Waals surface area contributed by atoms with Crippen molar-refractivity contribution in [2.24, 2.45) is 0 Å². The van der Waals surface area contributed by atoms with E-state index in [4.69, 9.17) is 10.5 Å². The Morgan fingerprint density at radius 3 is 2.81 bits per heavy atom. The van der Waals surface area contributed by atoms with E-state index in [1.807, 2.05) is 13.0 Å². The maximum atomic E-state index is 12.3. The molecule has 21 heavy (non-hydrogen) atoms. The highest BCUT2D eigenvalue weighted by Gasteiger charge is 2.46. The minimum absolute atomic E-state index is 0.0560. The minimum Gasteiger partial charge on any atom is -0.494 e. The van der Waals surface area contributed by atoms with Gasteiger partial charge in [-0.25, -0.2) is 0 Å². The summed E-state index contributed by atoms with van der Waals surface area (Å²) < 4.78 is 5.45. The molecule has 0 radical (unpaired) electrons. The zero-order chi connectivity index (χ0) is 15.0. The molecule has 1 heterocycles. The van der Waals surface area contributed by atoms with E-state index >= 15 is 0 Å². The number of carbonyl (C=O) groups is 2. The summed E-state index contributed by atoms with van der Waals surface area (Å²) in [4.78, 5) is 26.5. The summed E-state index contributed by atoms with van der Waals surface area (Å²) in [7, 11) is 0. The normalized spacial score (nSPS) is 22.0. The molecule has 1 unspecified atom stereocenters. The van der Waals surface area contributed by atoms with Gasteiger partial charge in [0.2, 0.25) is 11.8 Å². The first-order chi connectivity index (χ1) is 10.1. The first kappa shape index (κ1) is 14.3. The topological polar surface area (TPSA) is 72.6 Å². The summed E-state index contributed by atoms with van der Waals surface area (Å²) in [6, 6.07) is 5.55. The third kappa shape index (κ3) is 2.85. The molecule has 1 saturated carbocycles. The van der Waals surface area contributed by atoms with Gasteiger partial charge < -0.3 is 10.5 Å². The van der Waals surface area contributed by atoms with Gasteiger partial charge in [0, 0.05) is 23.0 Å². The predicted molar refractivity (Wildman–Crippen MR) is 81.2 cm³/mol. The van der Waals surface area contributed by atoms with Crippen LogP contribution in [0.2, 0.25) is 0 Å². The number of anilines is 1. The van der Waals surface area contributed by atoms with Gasteiger partial charge in [-0.3, -0.25) is 14.5 Å². The molecule has 0 aromatic heterocycles. The Kier molecular flexibility index (Phi) is 3.80. The number of nitrogens with zero attached hydrogens (tertiary/aromatic N) is 1. The number of amides is 2. The molecule has 1 saturated heterocycles. The highest BCUT2D eigenvalue weighted by molar-refractivity contribution is 8.00. The average Bonchev–Trinajstić information content (AvgIpc) is 3.22. The van der Waals surface area contributed by atoms with E-state index in [-0.39, 0.29) is 29.5 Å². The fourth-order valence-corrected chi connectivity index (χ4v) is 3.59. The molecule has 1 aromatic rings. The number of nitrogen functional groups attached to an aromatic ring is 1. The zero-order valence-corrected chi connectivity index (χ0v) is 12.7. The Labute approximate surface area is 127 Å². The van der Waals surface area contributed by atoms with Gasteiger partial charge >= 0.3 is 0 Å². The van der Waals surface area contributed by atoms with Crippen LogP contribution in [-0.4, -0.2) is 34.6 Å². The molecule has 112 valence electrons. The van der Waals surface area contributed by atoms with Crippen molar-refractivity contribution in [2.75, 3.05) is 12.3 Å². The van der Waals surface area contributed by atoms with E-state index in [1.54, 1.807) is 12.1 Å². The lowest BCUT2D eigenvalue weighted by atomic mass is 10.3. The number of ether oxygens (including phenoxy) is 1. The van der Waals surface area contributed by atoms with Crippen molar-refractivity contribution in [1.29, 1.82) is 0 Å². The number of hydrogen-bond donors (Lipinski definition) is 1. The zero-order valence-electron chi connectivity index (χ0n) is 11.9. The number of imide groups is 1. The summed E-state index contributed by atoms with van der Waals surface area (Å²) >= 11 is 1.36. The lowest BCUT2D eigenvalue weighted by molar-refractivity contribution is -0.138. The van der Waals surface area contributed by atoms with Gasteiger partial charge in [-0.15, -0.1) is 11.8 Å². The summed E-state index contributed by atoms with van der Waals surface area (Å²) in [5, 5.41) is -0.364. The molecule has 1 aliphatic heterocycles. The first-order valence-corrected chi connectivity index (χ1v) is 8.03. The fraction of sp³-hybridized carbons (Fsp3) is 0.467. The van der Waals surface area contributed by atoms with Crippen molar-refractivity contribution in [3.63, 3.8) is 0 Å². The number of thioether (sulfide) groups is 1. The van der Waals surface area contributed by atoms with Gasteiger partial charge in [0.05, 0.1) is 11.9 Å². The molecule has 2 amide bonds. The third-order valence-electron chi connectivity index (χ3n) is 3.62. The van der Waals surface area contributed by atoms with E-state index in [0.717, 1.165) is 23.5 Å². The summed E-state index contributed by atoms with van der Waals surface area (Å²) in [5.41, 5.74) is 6.57. The average molecular weight is 306 g/mol. The third-order valence-corrected chi connectivity index (χ3v) is 4.88. The molecule has 2 fully saturated rings. The molecule has 5 nitrogen and oxygen atoms in total. The lowest BCUT2D eigenvalue weighted by Crippen LogP contribution is -2.33. The SMILES string of the molecule is CCOc1ccc(N)c(SC2CC(=O)N(C3CC3)C2=O)c1. The summed E-state index contributed by atoms with van der Waals surface area (Å²) in [5.74, 6) is 0.596. The number of rotatable bonds is 5. The van der Waals surface area contributed by atoms with Crippen molar-refractivity contribution >= 4 is 29.3 Å². The molecule has 3 rings (SSSR count). The Morgan fingerprint density at radius 2 is 2.14 bits per heavy atom. The Balaban J connectivity index is 1.76. The lowest BCUT2D eigenvalue weighted by Gasteiger charge is -2.14. The summed E-state index contributed by atoms with van der Waals surface area (Å²) in [6.45, 7) is 2.49. The molecular formula is C15H18N2O3S. The van der Waals surface area contributed by atoms with Crippen molar-refractivity contribution in [3.05, 3.63) is 18.2 Å². The van der Waals surface area contributed by atoms with E-state index < -0.39 is 0 Å². The van der Waals surface area contributed by atoms with Crippen LogP contribution in [-0.2, 0) is 9.59 Å². The molecule has 1 aliphatic carbocycles. The monoisotopic (exact) mass is 306 g/mol. The Morgan fingerprint density at radius 1 is 1.38 bits per heavy atom. The molecule has 1 atom stereocenters. The van der Waals surface area contributed by atoms with E-state index in [0.29, 0.717) is 12.3 Å². The maximum absolute atomic E-state index is 12.3. The van der Waals surface area contributed by atoms with Gasteiger partial charge in [-0.05, 0) is 38.0 Å². The summed E-state index contributed by atoms with van der Waals surface area (Å²) in [6.07, 6.45) is 2.14. The molecule has 0 spiro atoms. The second-order valence-electron chi connectivity index (χ2n) is 5.28. The van der Waals surface area contributed by atoms with Crippen LogP contribution < -0.4 is 10.5 Å².